The average Bonchev–Trinajstić information content (AvgIpc) is 3.40. The van der Waals surface area contributed by atoms with Crippen LogP contribution in [0, 0.1) is 11.8 Å². The molecule has 3 heterocycles. The van der Waals surface area contributed by atoms with Gasteiger partial charge in [0.2, 0.25) is 5.91 Å². The number of hydrogen-bond donors (Lipinski definition) is 2. The van der Waals surface area contributed by atoms with E-state index in [4.69, 9.17) is 0 Å². The van der Waals surface area contributed by atoms with Gasteiger partial charge < -0.3 is 4.90 Å². The van der Waals surface area contributed by atoms with Gasteiger partial charge in [0.05, 0.1) is 17.4 Å². The van der Waals surface area contributed by atoms with E-state index in [1.165, 1.54) is 0 Å². The molecule has 156 valence electrons. The molecule has 2 fully saturated rings. The number of H-pyrrole nitrogens is 2. The van der Waals surface area contributed by atoms with Gasteiger partial charge in [-0.05, 0) is 42.2 Å². The van der Waals surface area contributed by atoms with Gasteiger partial charge >= 0.3 is 5.69 Å². The lowest BCUT2D eigenvalue weighted by Crippen LogP contribution is -2.51. The van der Waals surface area contributed by atoms with E-state index in [2.05, 4.69) is 32.5 Å². The standard InChI is InChI=1S/C23H22N6O2/c30-22(16-1-2-16)28-12-14(13-28)9-21-26-27-23(31)29(21)19-7-5-15(6-8-19)17-3-4-18-11-24-25-20(18)10-17/h3-8,10-11,14,16H,1-2,9,12-13H2,(H,24,25)(H,27,31). The van der Waals surface area contributed by atoms with Crippen LogP contribution < -0.4 is 5.69 Å². The second-order valence-electron chi connectivity index (χ2n) is 8.59. The minimum Gasteiger partial charge on any atom is -0.342 e. The second kappa shape index (κ2) is 6.94. The van der Waals surface area contributed by atoms with Crippen LogP contribution in [0.15, 0.2) is 53.5 Å². The Balaban J connectivity index is 1.21. The van der Waals surface area contributed by atoms with E-state index in [1.807, 2.05) is 35.2 Å². The molecule has 0 atom stereocenters. The molecule has 8 heteroatoms. The van der Waals surface area contributed by atoms with Crippen molar-refractivity contribution in [3.05, 3.63) is 65.0 Å². The summed E-state index contributed by atoms with van der Waals surface area (Å²) in [4.78, 5) is 26.5. The molecular formula is C23H22N6O2. The van der Waals surface area contributed by atoms with Crippen LogP contribution >= 0.6 is 0 Å². The van der Waals surface area contributed by atoms with Crippen LogP contribution in [0.1, 0.15) is 18.7 Å². The number of nitrogens with one attached hydrogen (secondary N) is 2. The zero-order valence-electron chi connectivity index (χ0n) is 16.9. The highest BCUT2D eigenvalue weighted by molar-refractivity contribution is 5.84. The Kier molecular flexibility index (Phi) is 4.05. The van der Waals surface area contributed by atoms with Crippen LogP contribution in [0.2, 0.25) is 0 Å². The smallest absolute Gasteiger partial charge is 0.342 e. The van der Waals surface area contributed by atoms with E-state index in [1.54, 1.807) is 10.8 Å². The van der Waals surface area contributed by atoms with Gasteiger partial charge in [0.15, 0.2) is 0 Å². The number of amides is 1. The molecule has 0 bridgehead atoms. The lowest BCUT2D eigenvalue weighted by molar-refractivity contribution is -0.138. The topological polar surface area (TPSA) is 99.7 Å². The minimum absolute atomic E-state index is 0.244. The monoisotopic (exact) mass is 414 g/mol. The SMILES string of the molecule is O=C(C1CC1)N1CC(Cc2n[nH]c(=O)n2-c2ccc(-c3ccc4cn[nH]c4c3)cc2)C1. The first kappa shape index (κ1) is 18.1. The van der Waals surface area contributed by atoms with Crippen molar-refractivity contribution in [2.24, 2.45) is 11.8 Å². The second-order valence-corrected chi connectivity index (χ2v) is 8.59. The molecule has 1 aliphatic carbocycles. The third-order valence-electron chi connectivity index (χ3n) is 6.31. The fourth-order valence-corrected chi connectivity index (χ4v) is 4.38. The van der Waals surface area contributed by atoms with Crippen LogP contribution in [0.25, 0.3) is 27.7 Å². The van der Waals surface area contributed by atoms with Crippen LogP contribution in [0.4, 0.5) is 0 Å². The summed E-state index contributed by atoms with van der Waals surface area (Å²) >= 11 is 0. The van der Waals surface area contributed by atoms with E-state index in [-0.39, 0.29) is 11.6 Å². The van der Waals surface area contributed by atoms with E-state index in [0.29, 0.717) is 24.1 Å². The Bertz CT molecular complexity index is 1320. The number of carbonyl (C=O) groups is 1. The number of carbonyl (C=O) groups excluding carboxylic acids is 1. The number of aromatic nitrogens is 5. The lowest BCUT2D eigenvalue weighted by Gasteiger charge is -2.39. The molecule has 1 amide bonds. The molecule has 0 unspecified atom stereocenters. The van der Waals surface area contributed by atoms with Crippen LogP contribution in [0.3, 0.4) is 0 Å². The maximum atomic E-state index is 12.4. The molecule has 2 N–H and O–H groups in total. The molecule has 6 rings (SSSR count). The molecule has 2 aliphatic rings. The Labute approximate surface area is 177 Å². The molecule has 31 heavy (non-hydrogen) atoms. The molecule has 4 aromatic rings. The lowest BCUT2D eigenvalue weighted by atomic mass is 9.95. The number of likely N-dealkylation sites (tertiary alicyclic amines) is 1. The predicted molar refractivity (Wildman–Crippen MR) is 116 cm³/mol. The highest BCUT2D eigenvalue weighted by Crippen LogP contribution is 2.34. The van der Waals surface area contributed by atoms with E-state index in [9.17, 15) is 9.59 Å². The highest BCUT2D eigenvalue weighted by Gasteiger charge is 2.39. The summed E-state index contributed by atoms with van der Waals surface area (Å²) in [7, 11) is 0. The van der Waals surface area contributed by atoms with Gasteiger partial charge in [0, 0.05) is 36.7 Å². The summed E-state index contributed by atoms with van der Waals surface area (Å²) in [6, 6.07) is 14.1. The molecule has 8 nitrogen and oxygen atoms in total. The van der Waals surface area contributed by atoms with Crippen molar-refractivity contribution >= 4 is 16.8 Å². The molecule has 1 aliphatic heterocycles. The Morgan fingerprint density at radius 3 is 2.58 bits per heavy atom. The normalized spacial score (nSPS) is 16.6. The van der Waals surface area contributed by atoms with Crippen molar-refractivity contribution in [3.8, 4) is 16.8 Å². The van der Waals surface area contributed by atoms with Gasteiger partial charge in [-0.25, -0.2) is 14.5 Å². The Morgan fingerprint density at radius 1 is 1.03 bits per heavy atom. The predicted octanol–water partition coefficient (Wildman–Crippen LogP) is 2.51. The van der Waals surface area contributed by atoms with E-state index in [0.717, 1.165) is 53.6 Å². The maximum Gasteiger partial charge on any atom is 0.347 e. The molecular weight excluding hydrogens is 392 g/mol. The maximum absolute atomic E-state index is 12.4. The van der Waals surface area contributed by atoms with Crippen LogP contribution in [0.5, 0.6) is 0 Å². The first-order valence-corrected chi connectivity index (χ1v) is 10.6. The van der Waals surface area contributed by atoms with Crippen molar-refractivity contribution < 1.29 is 4.79 Å². The van der Waals surface area contributed by atoms with Crippen molar-refractivity contribution in [1.29, 1.82) is 0 Å². The highest BCUT2D eigenvalue weighted by atomic mass is 16.2. The zero-order valence-corrected chi connectivity index (χ0v) is 16.9. The number of rotatable bonds is 5. The summed E-state index contributed by atoms with van der Waals surface area (Å²) in [5, 5.41) is 15.0. The van der Waals surface area contributed by atoms with Crippen molar-refractivity contribution in [1.82, 2.24) is 29.9 Å². The van der Waals surface area contributed by atoms with Crippen molar-refractivity contribution in [2.75, 3.05) is 13.1 Å². The average molecular weight is 414 g/mol. The molecule has 2 aromatic heterocycles. The molecule has 2 aromatic carbocycles. The summed E-state index contributed by atoms with van der Waals surface area (Å²) in [6.07, 6.45) is 4.54. The third kappa shape index (κ3) is 3.24. The van der Waals surface area contributed by atoms with Gasteiger partial charge in [0.25, 0.3) is 0 Å². The fraction of sp³-hybridized carbons (Fsp3) is 0.304. The Hall–Kier alpha value is -3.68. The summed E-state index contributed by atoms with van der Waals surface area (Å²) in [5.74, 6) is 1.61. The van der Waals surface area contributed by atoms with Crippen LogP contribution in [-0.4, -0.2) is 48.9 Å². The quantitative estimate of drug-likeness (QED) is 0.524. The summed E-state index contributed by atoms with van der Waals surface area (Å²) < 4.78 is 1.63. The van der Waals surface area contributed by atoms with Gasteiger partial charge in [-0.3, -0.25) is 9.89 Å². The number of fused-ring (bicyclic) bond motifs is 1. The van der Waals surface area contributed by atoms with E-state index < -0.39 is 0 Å². The van der Waals surface area contributed by atoms with Crippen LogP contribution in [-0.2, 0) is 11.2 Å². The summed E-state index contributed by atoms with van der Waals surface area (Å²) in [6.45, 7) is 1.51. The zero-order chi connectivity index (χ0) is 20.9. The largest absolute Gasteiger partial charge is 0.347 e. The minimum atomic E-state index is -0.244. The van der Waals surface area contributed by atoms with Gasteiger partial charge in [-0.1, -0.05) is 24.3 Å². The molecule has 0 spiro atoms. The Morgan fingerprint density at radius 2 is 1.81 bits per heavy atom. The molecule has 1 saturated carbocycles. The number of nitrogens with zero attached hydrogens (tertiary/aromatic N) is 4. The van der Waals surface area contributed by atoms with Crippen molar-refractivity contribution in [3.63, 3.8) is 0 Å². The number of aromatic amines is 2. The summed E-state index contributed by atoms with van der Waals surface area (Å²) in [5.41, 5.74) is 3.67. The van der Waals surface area contributed by atoms with Gasteiger partial charge in [-0.15, -0.1) is 0 Å². The van der Waals surface area contributed by atoms with Gasteiger partial charge in [-0.2, -0.15) is 10.2 Å². The van der Waals surface area contributed by atoms with Crippen molar-refractivity contribution in [2.45, 2.75) is 19.3 Å². The number of benzene rings is 2. The fourth-order valence-electron chi connectivity index (χ4n) is 4.38. The molecule has 1 saturated heterocycles. The molecule has 0 radical (unpaired) electrons. The first-order valence-electron chi connectivity index (χ1n) is 10.6. The number of hydrogen-bond acceptors (Lipinski definition) is 4. The van der Waals surface area contributed by atoms with E-state index >= 15 is 0 Å². The first-order chi connectivity index (χ1) is 15.2. The van der Waals surface area contributed by atoms with Gasteiger partial charge in [0.1, 0.15) is 5.82 Å². The third-order valence-corrected chi connectivity index (χ3v) is 6.31.